The molecule has 1 aliphatic heterocycles. The van der Waals surface area contributed by atoms with Crippen molar-refractivity contribution in [3.8, 4) is 28.7 Å². The highest BCUT2D eigenvalue weighted by molar-refractivity contribution is 5.88. The largest absolute Gasteiger partial charge is 0.457 e. The number of rotatable bonds is 0. The van der Waals surface area contributed by atoms with Crippen LogP contribution in [0.2, 0.25) is 0 Å². The van der Waals surface area contributed by atoms with E-state index < -0.39 is 5.41 Å². The van der Waals surface area contributed by atoms with Gasteiger partial charge in [-0.05, 0) is 58.7 Å². The quantitative estimate of drug-likeness (QED) is 0.343. The number of nitriles is 1. The van der Waals surface area contributed by atoms with Crippen LogP contribution in [0.15, 0.2) is 84.9 Å². The van der Waals surface area contributed by atoms with Crippen molar-refractivity contribution in [1.82, 2.24) is 0 Å². The predicted molar refractivity (Wildman–Crippen MR) is 107 cm³/mol. The fourth-order valence-corrected chi connectivity index (χ4v) is 4.85. The van der Waals surface area contributed by atoms with Crippen LogP contribution in [0, 0.1) is 17.4 Å². The van der Waals surface area contributed by atoms with E-state index in [0.717, 1.165) is 33.8 Å². The van der Waals surface area contributed by atoms with Crippen molar-refractivity contribution in [3.05, 3.63) is 119 Å². The molecule has 0 saturated carbocycles. The normalized spacial score (nSPS) is 14.2. The number of nitrogens with zero attached hydrogens (tertiary/aromatic N) is 1. The summed E-state index contributed by atoms with van der Waals surface area (Å²) in [5.41, 5.74) is 7.01. The molecule has 28 heavy (non-hydrogen) atoms. The highest BCUT2D eigenvalue weighted by Gasteiger charge is 2.50. The molecule has 0 aromatic heterocycles. The SMILES string of the molecule is N#Cc1ccc2c(c1)C1(c3ccccc3Oc3ccccc31)c1c[c]ccc1-2. The van der Waals surface area contributed by atoms with Crippen molar-refractivity contribution in [1.29, 1.82) is 5.26 Å². The van der Waals surface area contributed by atoms with Gasteiger partial charge in [-0.25, -0.2) is 0 Å². The maximum Gasteiger partial charge on any atom is 0.132 e. The predicted octanol–water partition coefficient (Wildman–Crippen LogP) is 5.83. The Morgan fingerprint density at radius 2 is 1.43 bits per heavy atom. The van der Waals surface area contributed by atoms with E-state index in [2.05, 4.69) is 54.6 Å². The Morgan fingerprint density at radius 1 is 0.750 bits per heavy atom. The van der Waals surface area contributed by atoms with Crippen LogP contribution in [-0.2, 0) is 5.41 Å². The molecule has 1 radical (unpaired) electrons. The minimum absolute atomic E-state index is 0.513. The average Bonchev–Trinajstić information content (AvgIpc) is 3.05. The van der Waals surface area contributed by atoms with Crippen LogP contribution in [0.3, 0.4) is 0 Å². The Kier molecular flexibility index (Phi) is 2.91. The number of para-hydroxylation sites is 2. The van der Waals surface area contributed by atoms with Crippen molar-refractivity contribution in [2.75, 3.05) is 0 Å². The smallest absolute Gasteiger partial charge is 0.132 e. The maximum atomic E-state index is 9.58. The van der Waals surface area contributed by atoms with Gasteiger partial charge in [0, 0.05) is 11.1 Å². The van der Waals surface area contributed by atoms with Crippen LogP contribution >= 0.6 is 0 Å². The van der Waals surface area contributed by atoms with Gasteiger partial charge in [-0.3, -0.25) is 0 Å². The monoisotopic (exact) mass is 356 g/mol. The Balaban J connectivity index is 1.86. The van der Waals surface area contributed by atoms with Gasteiger partial charge in [0.15, 0.2) is 0 Å². The van der Waals surface area contributed by atoms with Gasteiger partial charge in [0.25, 0.3) is 0 Å². The van der Waals surface area contributed by atoms with Crippen LogP contribution in [0.4, 0.5) is 0 Å². The van der Waals surface area contributed by atoms with Crippen molar-refractivity contribution < 1.29 is 4.74 Å². The first-order chi connectivity index (χ1) is 13.8. The molecule has 1 spiro atoms. The Hall–Kier alpha value is -3.83. The molecule has 0 bridgehead atoms. The minimum Gasteiger partial charge on any atom is -0.457 e. The zero-order chi connectivity index (χ0) is 18.7. The summed E-state index contributed by atoms with van der Waals surface area (Å²) in [4.78, 5) is 0. The number of hydrogen-bond donors (Lipinski definition) is 0. The molecule has 2 nitrogen and oxygen atoms in total. The lowest BCUT2D eigenvalue weighted by atomic mass is 9.66. The molecule has 0 unspecified atom stereocenters. The van der Waals surface area contributed by atoms with Crippen molar-refractivity contribution in [3.63, 3.8) is 0 Å². The molecule has 0 amide bonds. The topological polar surface area (TPSA) is 33.0 Å². The molecule has 1 heterocycles. The van der Waals surface area contributed by atoms with Gasteiger partial charge < -0.3 is 4.74 Å². The van der Waals surface area contributed by atoms with Crippen molar-refractivity contribution >= 4 is 0 Å². The number of ether oxygens (including phenoxy) is 1. The van der Waals surface area contributed by atoms with Crippen LogP contribution in [0.25, 0.3) is 11.1 Å². The Bertz CT molecular complexity index is 1270. The maximum absolute atomic E-state index is 9.58. The third-order valence-corrected chi connectivity index (χ3v) is 5.91. The summed E-state index contributed by atoms with van der Waals surface area (Å²) < 4.78 is 6.28. The molecule has 0 fully saturated rings. The molecule has 129 valence electrons. The van der Waals surface area contributed by atoms with Crippen molar-refractivity contribution in [2.24, 2.45) is 0 Å². The molecule has 4 aromatic rings. The van der Waals surface area contributed by atoms with Crippen LogP contribution in [-0.4, -0.2) is 0 Å². The van der Waals surface area contributed by atoms with E-state index in [-0.39, 0.29) is 0 Å². The van der Waals surface area contributed by atoms with Crippen LogP contribution in [0.5, 0.6) is 11.5 Å². The van der Waals surface area contributed by atoms with Gasteiger partial charge in [-0.2, -0.15) is 5.26 Å². The van der Waals surface area contributed by atoms with Gasteiger partial charge in [0.2, 0.25) is 0 Å². The molecular formula is C26H14NO. The fraction of sp³-hybridized carbons (Fsp3) is 0.0385. The highest BCUT2D eigenvalue weighted by Crippen LogP contribution is 2.61. The second-order valence-corrected chi connectivity index (χ2v) is 7.19. The lowest BCUT2D eigenvalue weighted by Crippen LogP contribution is -2.32. The molecule has 2 heteroatoms. The first-order valence-electron chi connectivity index (χ1n) is 9.26. The van der Waals surface area contributed by atoms with E-state index in [0.29, 0.717) is 5.56 Å². The molecule has 2 aliphatic rings. The molecule has 1 aliphatic carbocycles. The Labute approximate surface area is 163 Å². The van der Waals surface area contributed by atoms with Crippen molar-refractivity contribution in [2.45, 2.75) is 5.41 Å². The number of fused-ring (bicyclic) bond motifs is 9. The molecule has 4 aromatic carbocycles. The van der Waals surface area contributed by atoms with Gasteiger partial charge in [0.1, 0.15) is 11.5 Å². The van der Waals surface area contributed by atoms with Crippen LogP contribution < -0.4 is 4.74 Å². The van der Waals surface area contributed by atoms with Gasteiger partial charge in [0.05, 0.1) is 17.0 Å². The van der Waals surface area contributed by atoms with E-state index >= 15 is 0 Å². The summed E-state index contributed by atoms with van der Waals surface area (Å²) in [5, 5.41) is 9.58. The lowest BCUT2D eigenvalue weighted by Gasteiger charge is -2.39. The first-order valence-corrected chi connectivity index (χ1v) is 9.26. The standard InChI is InChI=1S/C26H14NO/c27-16-17-13-14-19-18-7-1-2-8-20(18)26(23(19)15-17)21-9-3-5-11-24(21)28-25-12-6-4-10-22(25)26/h1,3-15H. The second-order valence-electron chi connectivity index (χ2n) is 7.19. The fourth-order valence-electron chi connectivity index (χ4n) is 4.85. The molecule has 0 atom stereocenters. The summed E-state index contributed by atoms with van der Waals surface area (Å²) in [6.45, 7) is 0. The summed E-state index contributed by atoms with van der Waals surface area (Å²) >= 11 is 0. The summed E-state index contributed by atoms with van der Waals surface area (Å²) in [6, 6.07) is 34.2. The van der Waals surface area contributed by atoms with E-state index in [1.54, 1.807) is 0 Å². The lowest BCUT2D eigenvalue weighted by molar-refractivity contribution is 0.436. The number of hydrogen-bond acceptors (Lipinski definition) is 2. The first kappa shape index (κ1) is 15.2. The molecule has 0 N–H and O–H groups in total. The van der Waals surface area contributed by atoms with E-state index in [1.807, 2.05) is 42.5 Å². The molecule has 0 saturated heterocycles. The summed E-state index contributed by atoms with van der Waals surface area (Å²) in [7, 11) is 0. The van der Waals surface area contributed by atoms with Gasteiger partial charge >= 0.3 is 0 Å². The third-order valence-electron chi connectivity index (χ3n) is 5.91. The van der Waals surface area contributed by atoms with Gasteiger partial charge in [-0.1, -0.05) is 54.6 Å². The molecular weight excluding hydrogens is 342 g/mol. The van der Waals surface area contributed by atoms with E-state index in [4.69, 9.17) is 4.74 Å². The number of benzene rings is 4. The van der Waals surface area contributed by atoms with Gasteiger partial charge in [-0.15, -0.1) is 0 Å². The Morgan fingerprint density at radius 3 is 2.14 bits per heavy atom. The summed E-state index contributed by atoms with van der Waals surface area (Å²) in [6.07, 6.45) is 0. The second kappa shape index (κ2) is 5.34. The van der Waals surface area contributed by atoms with Crippen LogP contribution in [0.1, 0.15) is 27.8 Å². The third kappa shape index (κ3) is 1.71. The zero-order valence-electron chi connectivity index (χ0n) is 14.9. The molecule has 6 rings (SSSR count). The van der Waals surface area contributed by atoms with E-state index in [1.165, 1.54) is 11.1 Å². The van der Waals surface area contributed by atoms with E-state index in [9.17, 15) is 5.26 Å². The average molecular weight is 356 g/mol. The highest BCUT2D eigenvalue weighted by atomic mass is 16.5. The minimum atomic E-state index is -0.513. The summed E-state index contributed by atoms with van der Waals surface area (Å²) in [5.74, 6) is 1.71. The zero-order valence-corrected chi connectivity index (χ0v) is 14.9.